The highest BCUT2D eigenvalue weighted by Gasteiger charge is 2.32. The molecule has 1 aliphatic rings. The van der Waals surface area contributed by atoms with E-state index in [-0.39, 0.29) is 17.4 Å². The number of H-pyrrole nitrogens is 1. The first kappa shape index (κ1) is 23.6. The summed E-state index contributed by atoms with van der Waals surface area (Å²) >= 11 is 0. The number of hydrogen-bond acceptors (Lipinski definition) is 7. The van der Waals surface area contributed by atoms with Crippen molar-refractivity contribution in [3.8, 4) is 11.4 Å². The second kappa shape index (κ2) is 9.15. The van der Waals surface area contributed by atoms with Crippen LogP contribution in [-0.2, 0) is 11.8 Å². The van der Waals surface area contributed by atoms with Crippen LogP contribution in [0.2, 0.25) is 0 Å². The summed E-state index contributed by atoms with van der Waals surface area (Å²) in [4.78, 5) is 41.3. The minimum absolute atomic E-state index is 0.0197. The van der Waals surface area contributed by atoms with Crippen LogP contribution in [0.4, 0.5) is 11.4 Å². The number of aromatic amines is 1. The van der Waals surface area contributed by atoms with Crippen molar-refractivity contribution in [1.29, 1.82) is 0 Å². The number of aryl methyl sites for hydroxylation is 2. The van der Waals surface area contributed by atoms with E-state index >= 15 is 0 Å². The third-order valence-electron chi connectivity index (χ3n) is 6.63. The molecule has 36 heavy (non-hydrogen) atoms. The average Bonchev–Trinajstić information content (AvgIpc) is 3.53. The van der Waals surface area contributed by atoms with Gasteiger partial charge < -0.3 is 15.6 Å². The lowest BCUT2D eigenvalue weighted by atomic mass is 10.0. The van der Waals surface area contributed by atoms with Crippen molar-refractivity contribution < 1.29 is 9.59 Å². The lowest BCUT2D eigenvalue weighted by Gasteiger charge is -2.30. The van der Waals surface area contributed by atoms with E-state index in [9.17, 15) is 9.59 Å². The van der Waals surface area contributed by atoms with E-state index in [1.165, 1.54) is 11.0 Å². The van der Waals surface area contributed by atoms with Crippen molar-refractivity contribution in [2.45, 2.75) is 39.2 Å². The van der Waals surface area contributed by atoms with E-state index in [1.54, 1.807) is 38.5 Å². The Morgan fingerprint density at radius 3 is 2.67 bits per heavy atom. The van der Waals surface area contributed by atoms with Gasteiger partial charge >= 0.3 is 0 Å². The number of nitrogens with zero attached hydrogens (tertiary/aromatic N) is 6. The molecule has 0 radical (unpaired) electrons. The van der Waals surface area contributed by atoms with Gasteiger partial charge in [-0.05, 0) is 58.4 Å². The number of amides is 2. The second-order valence-electron chi connectivity index (χ2n) is 9.76. The first-order valence-electron chi connectivity index (χ1n) is 11.9. The van der Waals surface area contributed by atoms with E-state index in [4.69, 9.17) is 0 Å². The number of carbonyl (C=O) groups is 2. The molecule has 186 valence electrons. The summed E-state index contributed by atoms with van der Waals surface area (Å²) < 4.78 is 0. The Hall–Kier alpha value is -4.12. The highest BCUT2D eigenvalue weighted by atomic mass is 16.2. The Balaban J connectivity index is 1.29. The molecule has 3 N–H and O–H groups in total. The van der Waals surface area contributed by atoms with Gasteiger partial charge in [-0.1, -0.05) is 0 Å². The molecule has 1 saturated heterocycles. The molecule has 0 aromatic carbocycles. The van der Waals surface area contributed by atoms with Crippen LogP contribution >= 0.6 is 0 Å². The molecule has 4 aromatic rings. The number of aromatic nitrogens is 6. The zero-order valence-electron chi connectivity index (χ0n) is 20.8. The van der Waals surface area contributed by atoms with Gasteiger partial charge in [0, 0.05) is 24.2 Å². The van der Waals surface area contributed by atoms with Crippen molar-refractivity contribution in [3.63, 3.8) is 0 Å². The zero-order chi connectivity index (χ0) is 25.4. The molecule has 5 heterocycles. The molecule has 0 aliphatic carbocycles. The molecule has 2 amide bonds. The maximum absolute atomic E-state index is 13.0. The molecule has 11 nitrogen and oxygen atoms in total. The Morgan fingerprint density at radius 2 is 1.94 bits per heavy atom. The molecule has 0 bridgehead atoms. The SMILES string of the molecule is Cc1ncc(NC(=O)CN2CCCC2(C)C)cc1NC(=O)c1cnc2[nH]c(-c3cnn(C)n3)cc2c1. The third-order valence-corrected chi connectivity index (χ3v) is 6.63. The van der Waals surface area contributed by atoms with Crippen LogP contribution in [0.5, 0.6) is 0 Å². The monoisotopic (exact) mass is 487 g/mol. The minimum atomic E-state index is -0.321. The van der Waals surface area contributed by atoms with E-state index in [1.807, 2.05) is 6.07 Å². The van der Waals surface area contributed by atoms with Crippen molar-refractivity contribution >= 4 is 34.2 Å². The van der Waals surface area contributed by atoms with Crippen LogP contribution in [0.25, 0.3) is 22.4 Å². The van der Waals surface area contributed by atoms with E-state index in [0.717, 1.165) is 30.5 Å². The predicted octanol–water partition coefficient (Wildman–Crippen LogP) is 3.13. The summed E-state index contributed by atoms with van der Waals surface area (Å²) in [6.07, 6.45) is 6.94. The molecule has 1 fully saturated rings. The molecule has 0 saturated carbocycles. The minimum Gasteiger partial charge on any atom is -0.338 e. The second-order valence-corrected chi connectivity index (χ2v) is 9.76. The quantitative estimate of drug-likeness (QED) is 0.380. The van der Waals surface area contributed by atoms with Gasteiger partial charge in [-0.3, -0.25) is 19.5 Å². The number of likely N-dealkylation sites (tertiary alicyclic amines) is 1. The predicted molar refractivity (Wildman–Crippen MR) is 137 cm³/mol. The summed E-state index contributed by atoms with van der Waals surface area (Å²) in [5.41, 5.74) is 4.22. The number of hydrogen-bond donors (Lipinski definition) is 3. The third kappa shape index (κ3) is 4.82. The van der Waals surface area contributed by atoms with Gasteiger partial charge in [0.15, 0.2) is 0 Å². The van der Waals surface area contributed by atoms with Gasteiger partial charge in [-0.25, -0.2) is 4.98 Å². The van der Waals surface area contributed by atoms with Crippen LogP contribution < -0.4 is 10.6 Å². The van der Waals surface area contributed by atoms with Gasteiger partial charge in [-0.15, -0.1) is 0 Å². The van der Waals surface area contributed by atoms with Gasteiger partial charge in [0.1, 0.15) is 11.3 Å². The topological polar surface area (TPSA) is 134 Å². The summed E-state index contributed by atoms with van der Waals surface area (Å²) in [7, 11) is 1.75. The first-order valence-corrected chi connectivity index (χ1v) is 11.9. The molecule has 4 aromatic heterocycles. The van der Waals surface area contributed by atoms with Crippen LogP contribution in [0.3, 0.4) is 0 Å². The fraction of sp³-hybridized carbons (Fsp3) is 0.360. The van der Waals surface area contributed by atoms with Crippen molar-refractivity contribution in [1.82, 2.24) is 34.8 Å². The molecule has 5 rings (SSSR count). The van der Waals surface area contributed by atoms with E-state index in [2.05, 4.69) is 54.5 Å². The number of carbonyl (C=O) groups excluding carboxylic acids is 2. The molecular weight excluding hydrogens is 458 g/mol. The summed E-state index contributed by atoms with van der Waals surface area (Å²) in [5, 5.41) is 15.0. The summed E-state index contributed by atoms with van der Waals surface area (Å²) in [6, 6.07) is 5.37. The van der Waals surface area contributed by atoms with Gasteiger partial charge in [0.05, 0.1) is 47.3 Å². The average molecular weight is 488 g/mol. The number of pyridine rings is 2. The summed E-state index contributed by atoms with van der Waals surface area (Å²) in [5.74, 6) is -0.423. The van der Waals surface area contributed by atoms with Crippen LogP contribution in [0.15, 0.2) is 36.8 Å². The zero-order valence-corrected chi connectivity index (χ0v) is 20.8. The normalized spacial score (nSPS) is 15.3. The fourth-order valence-electron chi connectivity index (χ4n) is 4.50. The number of fused-ring (bicyclic) bond motifs is 1. The van der Waals surface area contributed by atoms with Crippen molar-refractivity contribution in [3.05, 3.63) is 48.0 Å². The number of anilines is 2. The Kier molecular flexibility index (Phi) is 6.00. The molecule has 0 atom stereocenters. The number of rotatable bonds is 6. The highest BCUT2D eigenvalue weighted by Crippen LogP contribution is 2.28. The fourth-order valence-corrected chi connectivity index (χ4v) is 4.50. The Morgan fingerprint density at radius 1 is 1.11 bits per heavy atom. The Labute approximate surface area is 208 Å². The smallest absolute Gasteiger partial charge is 0.257 e. The molecule has 11 heteroatoms. The molecular formula is C25H29N9O2. The standard InChI is InChI=1S/C25H29N9O2/c1-15-19(10-18(12-26-15)29-22(35)14-34-7-5-6-25(34,2)3)31-24(36)17-8-16-9-20(30-23(16)27-11-17)21-13-28-33(4)32-21/h8-13H,5-7,14H2,1-4H3,(H,27,30)(H,29,35)(H,31,36). The van der Waals surface area contributed by atoms with Crippen LogP contribution in [0.1, 0.15) is 42.7 Å². The molecule has 1 aliphatic heterocycles. The largest absolute Gasteiger partial charge is 0.338 e. The molecule has 0 unspecified atom stereocenters. The lowest BCUT2D eigenvalue weighted by Crippen LogP contribution is -2.42. The molecule has 0 spiro atoms. The van der Waals surface area contributed by atoms with E-state index in [0.29, 0.717) is 40.5 Å². The van der Waals surface area contributed by atoms with Gasteiger partial charge in [-0.2, -0.15) is 15.0 Å². The Bertz CT molecular complexity index is 1450. The maximum Gasteiger partial charge on any atom is 0.257 e. The van der Waals surface area contributed by atoms with Crippen molar-refractivity contribution in [2.75, 3.05) is 23.7 Å². The maximum atomic E-state index is 13.0. The first-order chi connectivity index (χ1) is 17.2. The van der Waals surface area contributed by atoms with Gasteiger partial charge in [0.25, 0.3) is 5.91 Å². The highest BCUT2D eigenvalue weighted by molar-refractivity contribution is 6.06. The van der Waals surface area contributed by atoms with E-state index < -0.39 is 0 Å². The van der Waals surface area contributed by atoms with Crippen molar-refractivity contribution in [2.24, 2.45) is 7.05 Å². The van der Waals surface area contributed by atoms with Gasteiger partial charge in [0.2, 0.25) is 5.91 Å². The number of nitrogens with one attached hydrogen (secondary N) is 3. The van der Waals surface area contributed by atoms with Crippen LogP contribution in [-0.4, -0.2) is 65.3 Å². The van der Waals surface area contributed by atoms with Crippen LogP contribution in [0, 0.1) is 6.92 Å². The lowest BCUT2D eigenvalue weighted by molar-refractivity contribution is -0.118. The summed E-state index contributed by atoms with van der Waals surface area (Å²) in [6.45, 7) is 7.35.